The number of rotatable bonds is 10. The van der Waals surface area contributed by atoms with Gasteiger partial charge in [0.15, 0.2) is 5.84 Å². The van der Waals surface area contributed by atoms with Gasteiger partial charge in [0.25, 0.3) is 0 Å². The molecule has 4 aromatic carbocycles. The standard InChI is InChI=1S/C35H34F6N4O4S/c1-5-48-12-6-11-44-50(46,47)25-9-7-24(8-10-25)49-27-18-21(33(2,3)4)13-20-16-26-30(32(43)45-31(26)42)29(28(20)27)19-14-22(34(36,37)38)17-23(15-19)35(39,40)41/h7-10,13-18,44H,5-6,11-12H2,1-4H3,(H3,42,43,45). The van der Waals surface area contributed by atoms with E-state index in [0.717, 1.165) is 0 Å². The molecule has 0 fully saturated rings. The molecule has 0 aliphatic carbocycles. The molecule has 50 heavy (non-hydrogen) atoms. The number of sulfonamides is 1. The SMILES string of the molecule is CCOCCCNS(=O)(=O)c1ccc(Oc2cc(C(C)(C)C)cc3cc4c(c(-c5cc(C(F)(F)F)cc(C(F)(F)F)c5)c23)C(N)=NC4=N)cc1. The van der Waals surface area contributed by atoms with Crippen LogP contribution in [0.25, 0.3) is 21.9 Å². The van der Waals surface area contributed by atoms with Crippen molar-refractivity contribution in [1.82, 2.24) is 4.72 Å². The Bertz CT molecular complexity index is 2070. The van der Waals surface area contributed by atoms with E-state index in [0.29, 0.717) is 42.7 Å². The van der Waals surface area contributed by atoms with E-state index in [4.69, 9.17) is 20.6 Å². The fourth-order valence-electron chi connectivity index (χ4n) is 5.52. The normalized spacial score (nSPS) is 13.9. The molecule has 1 heterocycles. The highest BCUT2D eigenvalue weighted by Crippen LogP contribution is 2.47. The Morgan fingerprint density at radius 2 is 1.48 bits per heavy atom. The molecule has 0 saturated carbocycles. The molecule has 0 saturated heterocycles. The third-order valence-corrected chi connectivity index (χ3v) is 9.49. The fourth-order valence-corrected chi connectivity index (χ4v) is 6.59. The maximum atomic E-state index is 14.0. The zero-order valence-electron chi connectivity index (χ0n) is 27.4. The smallest absolute Gasteiger partial charge is 0.416 e. The van der Waals surface area contributed by atoms with Crippen LogP contribution >= 0.6 is 0 Å². The van der Waals surface area contributed by atoms with Crippen LogP contribution in [0.15, 0.2) is 70.6 Å². The van der Waals surface area contributed by atoms with Gasteiger partial charge in [0.05, 0.1) is 16.0 Å². The topological polar surface area (TPSA) is 127 Å². The number of ether oxygens (including phenoxy) is 2. The number of halogens is 6. The lowest BCUT2D eigenvalue weighted by molar-refractivity contribution is -0.143. The predicted octanol–water partition coefficient (Wildman–Crippen LogP) is 8.38. The molecule has 1 aliphatic rings. The van der Waals surface area contributed by atoms with Crippen LogP contribution in [0.4, 0.5) is 26.3 Å². The van der Waals surface area contributed by atoms with Gasteiger partial charge in [-0.25, -0.2) is 18.1 Å². The summed E-state index contributed by atoms with van der Waals surface area (Å²) in [6.45, 7) is 8.57. The summed E-state index contributed by atoms with van der Waals surface area (Å²) < 4.78 is 124. The molecule has 0 radical (unpaired) electrons. The van der Waals surface area contributed by atoms with Crippen LogP contribution in [-0.2, 0) is 32.5 Å². The van der Waals surface area contributed by atoms with Crippen molar-refractivity contribution in [2.45, 2.75) is 56.8 Å². The van der Waals surface area contributed by atoms with Gasteiger partial charge in [-0.05, 0) is 89.9 Å². The minimum absolute atomic E-state index is 0.0137. The first-order valence-electron chi connectivity index (χ1n) is 15.4. The van der Waals surface area contributed by atoms with Crippen molar-refractivity contribution in [1.29, 1.82) is 5.41 Å². The Labute approximate surface area is 284 Å². The van der Waals surface area contributed by atoms with Gasteiger partial charge in [-0.1, -0.05) is 26.8 Å². The highest BCUT2D eigenvalue weighted by Gasteiger charge is 2.38. The summed E-state index contributed by atoms with van der Waals surface area (Å²) in [5, 5.41) is 8.87. The average molecular weight is 721 g/mol. The molecule has 0 amide bonds. The molecule has 266 valence electrons. The number of nitrogens with zero attached hydrogens (tertiary/aromatic N) is 1. The molecule has 15 heteroatoms. The third-order valence-electron chi connectivity index (χ3n) is 8.01. The number of nitrogens with two attached hydrogens (primary N) is 1. The lowest BCUT2D eigenvalue weighted by Gasteiger charge is -2.24. The van der Waals surface area contributed by atoms with Gasteiger partial charge in [-0.3, -0.25) is 5.41 Å². The van der Waals surface area contributed by atoms with Crippen molar-refractivity contribution >= 4 is 32.5 Å². The number of hydrogen-bond donors (Lipinski definition) is 3. The van der Waals surface area contributed by atoms with Crippen molar-refractivity contribution in [3.63, 3.8) is 0 Å². The van der Waals surface area contributed by atoms with Crippen molar-refractivity contribution in [2.75, 3.05) is 19.8 Å². The number of nitrogens with one attached hydrogen (secondary N) is 2. The summed E-state index contributed by atoms with van der Waals surface area (Å²) in [6, 6.07) is 11.5. The van der Waals surface area contributed by atoms with Gasteiger partial charge in [-0.15, -0.1) is 0 Å². The Morgan fingerprint density at radius 3 is 2.04 bits per heavy atom. The van der Waals surface area contributed by atoms with Crippen LogP contribution in [0.2, 0.25) is 0 Å². The average Bonchev–Trinajstić information content (AvgIpc) is 3.30. The Hall–Kier alpha value is -4.47. The van der Waals surface area contributed by atoms with Crippen LogP contribution in [-0.4, -0.2) is 39.8 Å². The minimum atomic E-state index is -5.13. The van der Waals surface area contributed by atoms with E-state index >= 15 is 0 Å². The van der Waals surface area contributed by atoms with Gasteiger partial charge in [0.2, 0.25) is 10.0 Å². The summed E-state index contributed by atoms with van der Waals surface area (Å²) in [5.41, 5.74) is 2.81. The monoisotopic (exact) mass is 720 g/mol. The summed E-state index contributed by atoms with van der Waals surface area (Å²) in [4.78, 5) is 3.93. The fraction of sp³-hybridized carbons (Fsp3) is 0.314. The number of hydrogen-bond acceptors (Lipinski definition) is 6. The molecular weight excluding hydrogens is 686 g/mol. The molecule has 0 atom stereocenters. The number of benzene rings is 4. The molecule has 0 bridgehead atoms. The van der Waals surface area contributed by atoms with E-state index in [1.165, 1.54) is 24.3 Å². The Kier molecular flexibility index (Phi) is 9.82. The maximum absolute atomic E-state index is 14.0. The van der Waals surface area contributed by atoms with E-state index < -0.39 is 44.5 Å². The number of aliphatic imine (C=N–C) groups is 1. The van der Waals surface area contributed by atoms with Gasteiger partial charge in [-0.2, -0.15) is 26.3 Å². The van der Waals surface area contributed by atoms with Crippen LogP contribution in [0.5, 0.6) is 11.5 Å². The number of amidine groups is 2. The van der Waals surface area contributed by atoms with E-state index in [1.54, 1.807) is 18.2 Å². The summed E-state index contributed by atoms with van der Waals surface area (Å²) in [7, 11) is -3.88. The highest BCUT2D eigenvalue weighted by molar-refractivity contribution is 7.89. The lowest BCUT2D eigenvalue weighted by Crippen LogP contribution is -2.25. The zero-order valence-corrected chi connectivity index (χ0v) is 28.3. The van der Waals surface area contributed by atoms with Gasteiger partial charge < -0.3 is 15.2 Å². The first-order valence-corrected chi connectivity index (χ1v) is 16.9. The molecule has 1 aliphatic heterocycles. The zero-order chi connectivity index (χ0) is 36.8. The van der Waals surface area contributed by atoms with E-state index in [1.807, 2.05) is 27.7 Å². The first kappa shape index (κ1) is 36.8. The van der Waals surface area contributed by atoms with Crippen LogP contribution < -0.4 is 15.2 Å². The summed E-state index contributed by atoms with van der Waals surface area (Å²) in [5.74, 6) is -0.391. The second-order valence-electron chi connectivity index (χ2n) is 12.7. The highest BCUT2D eigenvalue weighted by atomic mass is 32.2. The quantitative estimate of drug-likeness (QED) is 0.112. The molecule has 4 N–H and O–H groups in total. The van der Waals surface area contributed by atoms with Gasteiger partial charge in [0.1, 0.15) is 17.3 Å². The number of alkyl halides is 6. The van der Waals surface area contributed by atoms with Crippen molar-refractivity contribution in [3.8, 4) is 22.6 Å². The Morgan fingerprint density at radius 1 is 0.860 bits per heavy atom. The maximum Gasteiger partial charge on any atom is 0.416 e. The first-order chi connectivity index (χ1) is 23.2. The van der Waals surface area contributed by atoms with Crippen LogP contribution in [0.3, 0.4) is 0 Å². The van der Waals surface area contributed by atoms with Crippen molar-refractivity contribution in [3.05, 3.63) is 88.5 Å². The third kappa shape index (κ3) is 7.64. The molecule has 8 nitrogen and oxygen atoms in total. The van der Waals surface area contributed by atoms with E-state index in [2.05, 4.69) is 9.71 Å². The molecule has 5 rings (SSSR count). The lowest BCUT2D eigenvalue weighted by atomic mass is 9.82. The minimum Gasteiger partial charge on any atom is -0.457 e. The Balaban J connectivity index is 1.73. The molecule has 0 unspecified atom stereocenters. The van der Waals surface area contributed by atoms with Gasteiger partial charge >= 0.3 is 12.4 Å². The molecular formula is C35H34F6N4O4S. The summed E-state index contributed by atoms with van der Waals surface area (Å²) >= 11 is 0. The van der Waals surface area contributed by atoms with Crippen molar-refractivity contribution in [2.24, 2.45) is 10.7 Å². The molecule has 0 aromatic heterocycles. The number of fused-ring (bicyclic) bond motifs is 2. The van der Waals surface area contributed by atoms with Gasteiger partial charge in [0, 0.05) is 41.8 Å². The van der Waals surface area contributed by atoms with Crippen molar-refractivity contribution < 1.29 is 44.2 Å². The van der Waals surface area contributed by atoms with E-state index in [9.17, 15) is 34.8 Å². The second kappa shape index (κ2) is 13.3. The van der Waals surface area contributed by atoms with Crippen LogP contribution in [0.1, 0.15) is 61.9 Å². The molecule has 0 spiro atoms. The summed E-state index contributed by atoms with van der Waals surface area (Å²) in [6.07, 6.45) is -9.80. The van der Waals surface area contributed by atoms with Crippen LogP contribution in [0, 0.1) is 5.41 Å². The molecule has 4 aromatic rings. The predicted molar refractivity (Wildman–Crippen MR) is 178 cm³/mol. The second-order valence-corrected chi connectivity index (χ2v) is 14.4. The largest absolute Gasteiger partial charge is 0.457 e. The van der Waals surface area contributed by atoms with E-state index in [-0.39, 0.29) is 62.8 Å².